The molecule has 264 valence electrons. The van der Waals surface area contributed by atoms with Gasteiger partial charge in [0, 0.05) is 55.2 Å². The summed E-state index contributed by atoms with van der Waals surface area (Å²) in [6.45, 7) is 4.62. The number of carbonyl (C=O) groups is 3. The van der Waals surface area contributed by atoms with Gasteiger partial charge >= 0.3 is 5.97 Å². The average molecular weight is 714 g/mol. The third kappa shape index (κ3) is 7.72. The fourth-order valence-corrected chi connectivity index (χ4v) is 8.73. The Kier molecular flexibility index (Phi) is 11.7. The van der Waals surface area contributed by atoms with Crippen LogP contribution in [0.3, 0.4) is 0 Å². The monoisotopic (exact) mass is 713 g/mol. The van der Waals surface area contributed by atoms with Crippen molar-refractivity contribution in [1.29, 1.82) is 0 Å². The maximum absolute atomic E-state index is 15.9. The topological polar surface area (TPSA) is 97.4 Å². The van der Waals surface area contributed by atoms with E-state index < -0.39 is 11.7 Å². The molecule has 0 spiro atoms. The smallest absolute Gasteiger partial charge is 0.308 e. The van der Waals surface area contributed by atoms with Crippen LogP contribution in [0.2, 0.25) is 5.02 Å². The Morgan fingerprint density at radius 3 is 2.47 bits per heavy atom. The molecule has 1 amide bonds. The van der Waals surface area contributed by atoms with E-state index in [2.05, 4.69) is 15.1 Å². The number of rotatable bonds is 12. The van der Waals surface area contributed by atoms with Crippen molar-refractivity contribution in [3.63, 3.8) is 0 Å². The van der Waals surface area contributed by atoms with E-state index in [0.717, 1.165) is 35.8 Å². The summed E-state index contributed by atoms with van der Waals surface area (Å²) in [7, 11) is 1.68. The summed E-state index contributed by atoms with van der Waals surface area (Å²) in [6.07, 6.45) is 5.42. The summed E-state index contributed by atoms with van der Waals surface area (Å²) in [4.78, 5) is 44.7. The summed E-state index contributed by atoms with van der Waals surface area (Å²) in [5.41, 5.74) is 0.749. The number of amides is 1. The van der Waals surface area contributed by atoms with Crippen LogP contribution in [0.1, 0.15) is 74.2 Å². The van der Waals surface area contributed by atoms with Gasteiger partial charge < -0.3 is 19.5 Å². The zero-order chi connectivity index (χ0) is 34.5. The van der Waals surface area contributed by atoms with Crippen LogP contribution in [-0.4, -0.2) is 85.4 Å². The van der Waals surface area contributed by atoms with Gasteiger partial charge in [-0.2, -0.15) is 0 Å². The molecule has 3 aliphatic rings. The number of halogens is 2. The van der Waals surface area contributed by atoms with Crippen molar-refractivity contribution < 1.29 is 33.0 Å². The predicted octanol–water partition coefficient (Wildman–Crippen LogP) is 7.06. The number of benzene rings is 2. The van der Waals surface area contributed by atoms with E-state index in [1.54, 1.807) is 19.4 Å². The highest BCUT2D eigenvalue weighted by molar-refractivity contribution is 7.17. The van der Waals surface area contributed by atoms with Crippen molar-refractivity contribution in [2.75, 3.05) is 45.2 Å². The van der Waals surface area contributed by atoms with Gasteiger partial charge in [0.15, 0.2) is 5.78 Å². The summed E-state index contributed by atoms with van der Waals surface area (Å²) in [5, 5.41) is 5.48. The SMILES string of the molecule is CCOC(=O)C1CCC(OC(C(=O)Cc2cc(Cl)c(NC(=O)c3csc4ccccc34)cc2F)(N2CCCC2)N2CCC[C@@H](OC)C2)CC1. The molecule has 1 N–H and O–H groups in total. The second kappa shape index (κ2) is 16.0. The second-order valence-corrected chi connectivity index (χ2v) is 14.5. The molecule has 1 unspecified atom stereocenters. The minimum Gasteiger partial charge on any atom is -0.466 e. The van der Waals surface area contributed by atoms with Gasteiger partial charge in [-0.1, -0.05) is 29.8 Å². The number of ether oxygens (including phenoxy) is 3. The van der Waals surface area contributed by atoms with Crippen LogP contribution in [0.25, 0.3) is 10.1 Å². The Balaban J connectivity index is 1.27. The second-order valence-electron chi connectivity index (χ2n) is 13.2. The zero-order valence-corrected chi connectivity index (χ0v) is 29.8. The van der Waals surface area contributed by atoms with Crippen LogP contribution in [0.5, 0.6) is 0 Å². The maximum atomic E-state index is 15.9. The lowest BCUT2D eigenvalue weighted by atomic mass is 9.87. The van der Waals surface area contributed by atoms with E-state index >= 15 is 4.39 Å². The number of anilines is 1. The highest BCUT2D eigenvalue weighted by atomic mass is 35.5. The van der Waals surface area contributed by atoms with Gasteiger partial charge in [0.2, 0.25) is 5.85 Å². The van der Waals surface area contributed by atoms with Gasteiger partial charge in [-0.15, -0.1) is 11.3 Å². The third-order valence-corrected chi connectivity index (χ3v) is 11.4. The molecule has 1 aromatic heterocycles. The lowest BCUT2D eigenvalue weighted by Crippen LogP contribution is -2.70. The molecule has 12 heteroatoms. The first-order valence-electron chi connectivity index (χ1n) is 17.4. The van der Waals surface area contributed by atoms with Crippen LogP contribution < -0.4 is 5.32 Å². The molecule has 9 nitrogen and oxygen atoms in total. The summed E-state index contributed by atoms with van der Waals surface area (Å²) in [5.74, 6) is -3.09. The molecule has 1 saturated carbocycles. The molecule has 6 rings (SSSR count). The van der Waals surface area contributed by atoms with Crippen molar-refractivity contribution in [3.05, 3.63) is 63.7 Å². The molecule has 3 heterocycles. The molecule has 49 heavy (non-hydrogen) atoms. The Hall–Kier alpha value is -2.93. The fourth-order valence-electron chi connectivity index (χ4n) is 7.55. The Bertz CT molecular complexity index is 1660. The van der Waals surface area contributed by atoms with Gasteiger partial charge in [-0.25, -0.2) is 4.39 Å². The van der Waals surface area contributed by atoms with Crippen LogP contribution in [0.4, 0.5) is 10.1 Å². The molecule has 2 aromatic carbocycles. The quantitative estimate of drug-likeness (QED) is 0.200. The highest BCUT2D eigenvalue weighted by Gasteiger charge is 2.53. The number of likely N-dealkylation sites (tertiary alicyclic amines) is 2. The van der Waals surface area contributed by atoms with Crippen molar-refractivity contribution in [3.8, 4) is 0 Å². The number of methoxy groups -OCH3 is 1. The van der Waals surface area contributed by atoms with E-state index in [0.29, 0.717) is 64.0 Å². The number of nitrogens with zero attached hydrogens (tertiary/aromatic N) is 2. The molecular formula is C37H45ClFN3O6S. The summed E-state index contributed by atoms with van der Waals surface area (Å²) >= 11 is 8.11. The molecule has 1 aliphatic carbocycles. The number of Topliss-reactive ketones (excluding diaryl/α,β-unsaturated/α-hetero) is 1. The molecule has 2 saturated heterocycles. The predicted molar refractivity (Wildman–Crippen MR) is 189 cm³/mol. The lowest BCUT2D eigenvalue weighted by molar-refractivity contribution is -0.264. The molecule has 3 fully saturated rings. The van der Waals surface area contributed by atoms with Crippen LogP contribution in [0, 0.1) is 11.7 Å². The van der Waals surface area contributed by atoms with Gasteiger partial charge in [-0.3, -0.25) is 24.2 Å². The standard InChI is InChI=1S/C37H45ClFN3O6S/c1-3-47-36(45)24-12-14-26(15-13-24)48-37(41-16-6-7-17-41,42-18-8-9-27(22-42)46-2)34(43)20-25-19-30(38)32(21-31(25)39)40-35(44)29-23-49-33-11-5-4-10-28(29)33/h4-5,10-11,19,21,23-24,26-27H,3,6-9,12-18,20,22H2,1-2H3,(H,40,44)/t24?,26?,27-,37?/m1/s1. The Morgan fingerprint density at radius 2 is 1.73 bits per heavy atom. The summed E-state index contributed by atoms with van der Waals surface area (Å²) < 4.78 is 35.0. The van der Waals surface area contributed by atoms with Crippen LogP contribution >= 0.6 is 22.9 Å². The molecule has 0 bridgehead atoms. The van der Waals surface area contributed by atoms with E-state index in [-0.39, 0.29) is 58.5 Å². The molecule has 0 radical (unpaired) electrons. The minimum absolute atomic E-state index is 0.0684. The van der Waals surface area contributed by atoms with Gasteiger partial charge in [0.25, 0.3) is 5.91 Å². The first kappa shape index (κ1) is 35.9. The number of ketones is 1. The number of piperidine rings is 1. The van der Waals surface area contributed by atoms with Crippen molar-refractivity contribution in [2.45, 2.75) is 82.8 Å². The van der Waals surface area contributed by atoms with Gasteiger partial charge in [-0.05, 0) is 82.1 Å². The number of thiophene rings is 1. The van der Waals surface area contributed by atoms with Crippen molar-refractivity contribution >= 4 is 56.4 Å². The maximum Gasteiger partial charge on any atom is 0.308 e. The van der Waals surface area contributed by atoms with Gasteiger partial charge in [0.1, 0.15) is 5.82 Å². The number of esters is 1. The van der Waals surface area contributed by atoms with E-state index in [1.807, 2.05) is 24.3 Å². The first-order valence-corrected chi connectivity index (χ1v) is 18.6. The van der Waals surface area contributed by atoms with Crippen molar-refractivity contribution in [2.24, 2.45) is 5.92 Å². The molecule has 3 aromatic rings. The number of carbonyl (C=O) groups excluding carboxylic acids is 3. The Morgan fingerprint density at radius 1 is 1.00 bits per heavy atom. The van der Waals surface area contributed by atoms with E-state index in [9.17, 15) is 14.4 Å². The number of hydrogen-bond donors (Lipinski definition) is 1. The number of hydrogen-bond acceptors (Lipinski definition) is 9. The minimum atomic E-state index is -1.43. The fraction of sp³-hybridized carbons (Fsp3) is 0.541. The first-order chi connectivity index (χ1) is 23.7. The molecular weight excluding hydrogens is 669 g/mol. The highest BCUT2D eigenvalue weighted by Crippen LogP contribution is 2.38. The molecule has 2 atom stereocenters. The number of nitrogens with one attached hydrogen (secondary N) is 1. The summed E-state index contributed by atoms with van der Waals surface area (Å²) in [6, 6.07) is 10.2. The number of fused-ring (bicyclic) bond motifs is 1. The van der Waals surface area contributed by atoms with Crippen LogP contribution in [-0.2, 0) is 30.2 Å². The van der Waals surface area contributed by atoms with E-state index in [1.165, 1.54) is 23.5 Å². The average Bonchev–Trinajstić information content (AvgIpc) is 3.81. The normalized spacial score (nSPS) is 23.3. The van der Waals surface area contributed by atoms with Crippen LogP contribution in [0.15, 0.2) is 41.8 Å². The Labute approximate surface area is 296 Å². The van der Waals surface area contributed by atoms with E-state index in [4.69, 9.17) is 25.8 Å². The zero-order valence-electron chi connectivity index (χ0n) is 28.2. The third-order valence-electron chi connectivity index (χ3n) is 10.1. The van der Waals surface area contributed by atoms with Crippen molar-refractivity contribution in [1.82, 2.24) is 9.80 Å². The van der Waals surface area contributed by atoms with Gasteiger partial charge in [0.05, 0.1) is 41.0 Å². The molecule has 2 aliphatic heterocycles. The lowest BCUT2D eigenvalue weighted by Gasteiger charge is -2.51. The largest absolute Gasteiger partial charge is 0.466 e.